The summed E-state index contributed by atoms with van der Waals surface area (Å²) >= 11 is 0. The topological polar surface area (TPSA) is 41.4 Å². The molecule has 3 rings (SSSR count). The number of rotatable bonds is 7. The number of carbonyl (C=O) groups excluding carboxylic acids is 1. The molecular formula is C23H34N4O. The van der Waals surface area contributed by atoms with Crippen LogP contribution in [-0.2, 0) is 16.8 Å². The van der Waals surface area contributed by atoms with E-state index in [1.165, 1.54) is 5.82 Å². The van der Waals surface area contributed by atoms with Gasteiger partial charge in [-0.15, -0.1) is 0 Å². The van der Waals surface area contributed by atoms with E-state index in [4.69, 9.17) is 0 Å². The van der Waals surface area contributed by atoms with Gasteiger partial charge in [0.2, 0.25) is 5.91 Å². The number of aromatic nitrogens is 2. The SMILES string of the molecule is CN(C)CCCn1ccnc1C1CCN(C(=O)C(C)(C)c2ccccc2)CC1. The van der Waals surface area contributed by atoms with Crippen LogP contribution >= 0.6 is 0 Å². The number of carbonyl (C=O) groups is 1. The number of amides is 1. The molecule has 0 aliphatic carbocycles. The summed E-state index contributed by atoms with van der Waals surface area (Å²) in [7, 11) is 4.22. The number of likely N-dealkylation sites (tertiary alicyclic amines) is 1. The molecule has 1 aliphatic rings. The van der Waals surface area contributed by atoms with Crippen molar-refractivity contribution in [3.63, 3.8) is 0 Å². The number of imidazole rings is 1. The molecule has 0 N–H and O–H groups in total. The molecule has 1 saturated heterocycles. The highest BCUT2D eigenvalue weighted by Crippen LogP contribution is 2.31. The molecule has 2 heterocycles. The number of piperidine rings is 1. The Bertz CT molecular complexity index is 758. The fourth-order valence-corrected chi connectivity index (χ4v) is 4.14. The molecule has 1 fully saturated rings. The van der Waals surface area contributed by atoms with Gasteiger partial charge >= 0.3 is 0 Å². The van der Waals surface area contributed by atoms with Gasteiger partial charge in [0, 0.05) is 37.9 Å². The summed E-state index contributed by atoms with van der Waals surface area (Å²) in [5.41, 5.74) is 0.595. The lowest BCUT2D eigenvalue weighted by Crippen LogP contribution is -2.47. The van der Waals surface area contributed by atoms with Crippen LogP contribution in [0, 0.1) is 0 Å². The molecule has 0 spiro atoms. The number of aryl methyl sites for hydroxylation is 1. The fourth-order valence-electron chi connectivity index (χ4n) is 4.14. The third-order valence-corrected chi connectivity index (χ3v) is 5.93. The summed E-state index contributed by atoms with van der Waals surface area (Å²) in [6.45, 7) is 7.78. The summed E-state index contributed by atoms with van der Waals surface area (Å²) in [6.07, 6.45) is 7.11. The molecule has 0 bridgehead atoms. The molecule has 152 valence electrons. The first-order chi connectivity index (χ1) is 13.4. The Morgan fingerprint density at radius 2 is 1.86 bits per heavy atom. The fraction of sp³-hybridized carbons (Fsp3) is 0.565. The van der Waals surface area contributed by atoms with E-state index in [0.29, 0.717) is 5.92 Å². The first-order valence-electron chi connectivity index (χ1n) is 10.4. The third kappa shape index (κ3) is 4.64. The van der Waals surface area contributed by atoms with Crippen molar-refractivity contribution in [1.29, 1.82) is 0 Å². The van der Waals surface area contributed by atoms with Crippen LogP contribution < -0.4 is 0 Å². The average molecular weight is 383 g/mol. The van der Waals surface area contributed by atoms with Crippen LogP contribution in [0.5, 0.6) is 0 Å². The van der Waals surface area contributed by atoms with Crippen LogP contribution in [0.15, 0.2) is 42.7 Å². The highest BCUT2D eigenvalue weighted by molar-refractivity contribution is 5.87. The maximum absolute atomic E-state index is 13.2. The Balaban J connectivity index is 1.59. The van der Waals surface area contributed by atoms with Crippen molar-refractivity contribution in [3.8, 4) is 0 Å². The Morgan fingerprint density at radius 1 is 1.18 bits per heavy atom. The lowest BCUT2D eigenvalue weighted by atomic mass is 9.82. The van der Waals surface area contributed by atoms with Crippen molar-refractivity contribution in [1.82, 2.24) is 19.4 Å². The van der Waals surface area contributed by atoms with Gasteiger partial charge in [0.1, 0.15) is 5.82 Å². The molecule has 1 aliphatic heterocycles. The van der Waals surface area contributed by atoms with Crippen molar-refractivity contribution < 1.29 is 4.79 Å². The van der Waals surface area contributed by atoms with Gasteiger partial charge in [0.05, 0.1) is 5.41 Å². The minimum absolute atomic E-state index is 0.228. The van der Waals surface area contributed by atoms with Crippen LogP contribution in [0.1, 0.15) is 50.4 Å². The third-order valence-electron chi connectivity index (χ3n) is 5.93. The van der Waals surface area contributed by atoms with Crippen molar-refractivity contribution in [3.05, 3.63) is 54.1 Å². The predicted molar refractivity (Wildman–Crippen MR) is 113 cm³/mol. The minimum Gasteiger partial charge on any atom is -0.342 e. The highest BCUT2D eigenvalue weighted by Gasteiger charge is 2.36. The van der Waals surface area contributed by atoms with Gasteiger partial charge in [-0.05, 0) is 59.3 Å². The molecule has 0 radical (unpaired) electrons. The van der Waals surface area contributed by atoms with E-state index in [1.54, 1.807) is 0 Å². The zero-order valence-corrected chi connectivity index (χ0v) is 17.8. The predicted octanol–water partition coefficient (Wildman–Crippen LogP) is 3.52. The highest BCUT2D eigenvalue weighted by atomic mass is 16.2. The molecule has 5 heteroatoms. The van der Waals surface area contributed by atoms with Crippen molar-refractivity contribution >= 4 is 5.91 Å². The van der Waals surface area contributed by atoms with Gasteiger partial charge < -0.3 is 14.4 Å². The van der Waals surface area contributed by atoms with Crippen LogP contribution in [-0.4, -0.2) is 59.0 Å². The molecule has 1 amide bonds. The van der Waals surface area contributed by atoms with E-state index < -0.39 is 5.41 Å². The van der Waals surface area contributed by atoms with E-state index in [-0.39, 0.29) is 5.91 Å². The van der Waals surface area contributed by atoms with E-state index in [2.05, 4.69) is 46.9 Å². The largest absolute Gasteiger partial charge is 0.342 e. The second-order valence-corrected chi connectivity index (χ2v) is 8.69. The van der Waals surface area contributed by atoms with Crippen molar-refractivity contribution in [2.45, 2.75) is 51.0 Å². The smallest absolute Gasteiger partial charge is 0.232 e. The number of benzene rings is 1. The first-order valence-corrected chi connectivity index (χ1v) is 10.4. The van der Waals surface area contributed by atoms with Crippen molar-refractivity contribution in [2.75, 3.05) is 33.7 Å². The molecule has 1 aromatic heterocycles. The quantitative estimate of drug-likeness (QED) is 0.736. The summed E-state index contributed by atoms with van der Waals surface area (Å²) in [5, 5.41) is 0. The maximum Gasteiger partial charge on any atom is 0.232 e. The molecular weight excluding hydrogens is 348 g/mol. The Hall–Kier alpha value is -2.14. The van der Waals surface area contributed by atoms with E-state index in [1.807, 2.05) is 43.1 Å². The van der Waals surface area contributed by atoms with E-state index in [9.17, 15) is 4.79 Å². The Morgan fingerprint density at radius 3 is 2.50 bits per heavy atom. The van der Waals surface area contributed by atoms with Gasteiger partial charge in [-0.1, -0.05) is 30.3 Å². The number of hydrogen-bond acceptors (Lipinski definition) is 3. The summed E-state index contributed by atoms with van der Waals surface area (Å²) in [4.78, 5) is 22.1. The molecule has 0 saturated carbocycles. The zero-order chi connectivity index (χ0) is 20.1. The molecule has 5 nitrogen and oxygen atoms in total. The molecule has 2 aromatic rings. The normalized spacial score (nSPS) is 16.0. The maximum atomic E-state index is 13.2. The lowest BCUT2D eigenvalue weighted by molar-refractivity contribution is -0.137. The van der Waals surface area contributed by atoms with Crippen LogP contribution in [0.3, 0.4) is 0 Å². The molecule has 28 heavy (non-hydrogen) atoms. The number of hydrogen-bond donors (Lipinski definition) is 0. The van der Waals surface area contributed by atoms with Crippen LogP contribution in [0.25, 0.3) is 0 Å². The summed E-state index contributed by atoms with van der Waals surface area (Å²) in [5.74, 6) is 1.86. The van der Waals surface area contributed by atoms with Gasteiger partial charge in [-0.3, -0.25) is 4.79 Å². The summed E-state index contributed by atoms with van der Waals surface area (Å²) in [6, 6.07) is 10.1. The number of nitrogens with zero attached hydrogens (tertiary/aromatic N) is 4. The zero-order valence-electron chi connectivity index (χ0n) is 17.8. The second-order valence-electron chi connectivity index (χ2n) is 8.69. The van der Waals surface area contributed by atoms with Crippen LogP contribution in [0.2, 0.25) is 0 Å². The van der Waals surface area contributed by atoms with Gasteiger partial charge in [-0.25, -0.2) is 4.98 Å². The average Bonchev–Trinajstić information content (AvgIpc) is 3.16. The molecule has 1 aromatic carbocycles. The lowest BCUT2D eigenvalue weighted by Gasteiger charge is -2.37. The Labute approximate surface area is 169 Å². The monoisotopic (exact) mass is 382 g/mol. The molecule has 0 unspecified atom stereocenters. The molecule has 0 atom stereocenters. The van der Waals surface area contributed by atoms with Gasteiger partial charge in [0.15, 0.2) is 0 Å². The Kier molecular flexibility index (Phi) is 6.55. The van der Waals surface area contributed by atoms with Gasteiger partial charge in [0.25, 0.3) is 0 Å². The first kappa shape index (κ1) is 20.6. The van der Waals surface area contributed by atoms with Gasteiger partial charge in [-0.2, -0.15) is 0 Å². The second kappa shape index (κ2) is 8.91. The van der Waals surface area contributed by atoms with E-state index >= 15 is 0 Å². The minimum atomic E-state index is -0.487. The van der Waals surface area contributed by atoms with E-state index in [0.717, 1.165) is 51.0 Å². The van der Waals surface area contributed by atoms with Crippen molar-refractivity contribution in [2.24, 2.45) is 0 Å². The standard InChI is InChI=1S/C23H34N4O/c1-23(2,20-9-6-5-7-10-20)22(28)27-16-11-19(12-17-27)21-24-13-18-26(21)15-8-14-25(3)4/h5-7,9-10,13,18-19H,8,11-12,14-17H2,1-4H3. The van der Waals surface area contributed by atoms with Crippen LogP contribution in [0.4, 0.5) is 0 Å². The summed E-state index contributed by atoms with van der Waals surface area (Å²) < 4.78 is 2.31.